The van der Waals surface area contributed by atoms with Crippen molar-refractivity contribution in [2.24, 2.45) is 7.05 Å². The van der Waals surface area contributed by atoms with Crippen LogP contribution in [0.25, 0.3) is 0 Å². The molecule has 0 aromatic carbocycles. The monoisotopic (exact) mass is 198 g/mol. The van der Waals surface area contributed by atoms with Crippen LogP contribution in [0.15, 0.2) is 17.6 Å². The van der Waals surface area contributed by atoms with E-state index in [1.54, 1.807) is 11.9 Å². The van der Waals surface area contributed by atoms with Gasteiger partial charge in [0.15, 0.2) is 0 Å². The fourth-order valence-corrected chi connectivity index (χ4v) is 2.24. The lowest BCUT2D eigenvalue weighted by Crippen LogP contribution is -2.39. The summed E-state index contributed by atoms with van der Waals surface area (Å²) in [4.78, 5) is 4.27. The smallest absolute Gasteiger partial charge is 0.129 e. The summed E-state index contributed by atoms with van der Waals surface area (Å²) < 4.78 is 4.32. The minimum Gasteiger partial charge on any atom is -0.339 e. The number of aryl methyl sites for hydroxylation is 1. The largest absolute Gasteiger partial charge is 0.339 e. The van der Waals surface area contributed by atoms with Crippen molar-refractivity contribution < 1.29 is 0 Å². The number of piperazine rings is 1. The fourth-order valence-electron chi connectivity index (χ4n) is 1.30. The van der Waals surface area contributed by atoms with Gasteiger partial charge in [-0.2, -0.15) is 0 Å². The summed E-state index contributed by atoms with van der Waals surface area (Å²) in [6, 6.07) is 0. The molecule has 2 rings (SSSR count). The zero-order valence-electron chi connectivity index (χ0n) is 7.73. The average molecular weight is 198 g/mol. The maximum absolute atomic E-state index is 4.27. The lowest BCUT2D eigenvalue weighted by molar-refractivity contribution is 0.396. The number of hydrogen-bond acceptors (Lipinski definition) is 4. The molecule has 72 valence electrons. The van der Waals surface area contributed by atoms with E-state index in [4.69, 9.17) is 0 Å². The van der Waals surface area contributed by atoms with Crippen molar-refractivity contribution in [1.29, 1.82) is 0 Å². The summed E-state index contributed by atoms with van der Waals surface area (Å²) in [5.74, 6) is 0. The van der Waals surface area contributed by atoms with Crippen molar-refractivity contribution in [1.82, 2.24) is 19.2 Å². The minimum absolute atomic E-state index is 1.08. The molecule has 1 aromatic rings. The Morgan fingerprint density at radius 2 is 2.23 bits per heavy atom. The Balaban J connectivity index is 1.89. The van der Waals surface area contributed by atoms with Gasteiger partial charge in [-0.1, -0.05) is 0 Å². The summed E-state index contributed by atoms with van der Waals surface area (Å²) in [7, 11) is 1.99. The molecule has 0 atom stereocenters. The van der Waals surface area contributed by atoms with Gasteiger partial charge in [0.2, 0.25) is 0 Å². The highest BCUT2D eigenvalue weighted by atomic mass is 32.2. The predicted octanol–water partition coefficient (Wildman–Crippen LogP) is 0.332. The molecule has 0 unspecified atom stereocenters. The molecule has 1 saturated heterocycles. The zero-order chi connectivity index (χ0) is 9.10. The van der Waals surface area contributed by atoms with Gasteiger partial charge in [-0.05, 0) is 11.9 Å². The Bertz CT molecular complexity index is 267. The highest BCUT2D eigenvalue weighted by Gasteiger charge is 2.11. The van der Waals surface area contributed by atoms with Crippen LogP contribution in [0.5, 0.6) is 0 Å². The van der Waals surface area contributed by atoms with Crippen LogP contribution in [0.2, 0.25) is 0 Å². The summed E-state index contributed by atoms with van der Waals surface area (Å²) >= 11 is 1.75. The van der Waals surface area contributed by atoms with Crippen molar-refractivity contribution >= 4 is 11.9 Å². The number of imidazole rings is 1. The van der Waals surface area contributed by atoms with Crippen LogP contribution in [0.4, 0.5) is 0 Å². The molecule has 1 aliphatic rings. The second-order valence-electron chi connectivity index (χ2n) is 3.15. The van der Waals surface area contributed by atoms with E-state index >= 15 is 0 Å². The van der Waals surface area contributed by atoms with Gasteiger partial charge in [0, 0.05) is 39.4 Å². The molecule has 0 amide bonds. The number of aromatic nitrogens is 2. The Morgan fingerprint density at radius 3 is 2.85 bits per heavy atom. The van der Waals surface area contributed by atoms with Gasteiger partial charge >= 0.3 is 0 Å². The topological polar surface area (TPSA) is 33.1 Å². The van der Waals surface area contributed by atoms with Crippen LogP contribution in [-0.4, -0.2) is 40.0 Å². The first-order chi connectivity index (χ1) is 6.34. The molecule has 13 heavy (non-hydrogen) atoms. The minimum atomic E-state index is 1.08. The number of nitrogens with zero attached hydrogens (tertiary/aromatic N) is 3. The number of hydrogen-bond donors (Lipinski definition) is 1. The Labute approximate surface area is 82.5 Å². The quantitative estimate of drug-likeness (QED) is 0.694. The molecule has 1 N–H and O–H groups in total. The van der Waals surface area contributed by atoms with Crippen LogP contribution in [-0.2, 0) is 7.05 Å². The van der Waals surface area contributed by atoms with E-state index in [9.17, 15) is 0 Å². The van der Waals surface area contributed by atoms with E-state index in [1.807, 2.05) is 24.1 Å². The third-order valence-electron chi connectivity index (χ3n) is 1.98. The molecule has 1 fully saturated rings. The maximum atomic E-state index is 4.27. The van der Waals surface area contributed by atoms with Gasteiger partial charge in [-0.25, -0.2) is 9.29 Å². The van der Waals surface area contributed by atoms with E-state index in [0.29, 0.717) is 0 Å². The van der Waals surface area contributed by atoms with E-state index in [1.165, 1.54) is 0 Å². The number of nitrogens with one attached hydrogen (secondary N) is 1. The molecule has 2 heterocycles. The molecule has 0 saturated carbocycles. The normalized spacial score (nSPS) is 19.2. The van der Waals surface area contributed by atoms with Crippen molar-refractivity contribution in [2.75, 3.05) is 26.2 Å². The molecular weight excluding hydrogens is 184 g/mol. The second kappa shape index (κ2) is 4.13. The predicted molar refractivity (Wildman–Crippen MR) is 53.5 cm³/mol. The fraction of sp³-hybridized carbons (Fsp3) is 0.625. The van der Waals surface area contributed by atoms with Crippen LogP contribution in [0, 0.1) is 0 Å². The van der Waals surface area contributed by atoms with Crippen LogP contribution >= 0.6 is 11.9 Å². The first kappa shape index (κ1) is 9.05. The van der Waals surface area contributed by atoms with Gasteiger partial charge in [0.1, 0.15) is 5.03 Å². The van der Waals surface area contributed by atoms with E-state index in [2.05, 4.69) is 14.6 Å². The van der Waals surface area contributed by atoms with Crippen molar-refractivity contribution in [3.8, 4) is 0 Å². The van der Waals surface area contributed by atoms with Crippen LogP contribution in [0.3, 0.4) is 0 Å². The molecule has 0 spiro atoms. The van der Waals surface area contributed by atoms with E-state index in [0.717, 1.165) is 31.2 Å². The lowest BCUT2D eigenvalue weighted by Gasteiger charge is -2.24. The van der Waals surface area contributed by atoms with Crippen molar-refractivity contribution in [3.05, 3.63) is 12.5 Å². The molecule has 0 aliphatic carbocycles. The maximum Gasteiger partial charge on any atom is 0.129 e. The molecule has 1 aliphatic heterocycles. The SMILES string of the molecule is Cn1cnc(SN2CCNCC2)c1. The third-order valence-corrected chi connectivity index (χ3v) is 3.00. The number of rotatable bonds is 2. The van der Waals surface area contributed by atoms with E-state index in [-0.39, 0.29) is 0 Å². The zero-order valence-corrected chi connectivity index (χ0v) is 8.55. The molecule has 4 nitrogen and oxygen atoms in total. The van der Waals surface area contributed by atoms with Crippen molar-refractivity contribution in [3.63, 3.8) is 0 Å². The van der Waals surface area contributed by atoms with Crippen LogP contribution < -0.4 is 5.32 Å². The van der Waals surface area contributed by atoms with Gasteiger partial charge < -0.3 is 9.88 Å². The first-order valence-corrected chi connectivity index (χ1v) is 5.23. The summed E-state index contributed by atoms with van der Waals surface area (Å²) in [6.45, 7) is 4.36. The second-order valence-corrected chi connectivity index (χ2v) is 4.26. The Hall–Kier alpha value is -0.520. The van der Waals surface area contributed by atoms with Gasteiger partial charge in [-0.15, -0.1) is 0 Å². The standard InChI is InChI=1S/C8H14N4S/c1-11-6-8(10-7-11)13-12-4-2-9-3-5-12/h6-7,9H,2-5H2,1H3. The Kier molecular flexibility index (Phi) is 2.87. The summed E-state index contributed by atoms with van der Waals surface area (Å²) in [6.07, 6.45) is 3.89. The highest BCUT2D eigenvalue weighted by Crippen LogP contribution is 2.19. The summed E-state index contributed by atoms with van der Waals surface area (Å²) in [5.41, 5.74) is 0. The molecule has 0 radical (unpaired) electrons. The van der Waals surface area contributed by atoms with Crippen LogP contribution in [0.1, 0.15) is 0 Å². The average Bonchev–Trinajstić information content (AvgIpc) is 2.53. The highest BCUT2D eigenvalue weighted by molar-refractivity contribution is 7.97. The van der Waals surface area contributed by atoms with Gasteiger partial charge in [0.25, 0.3) is 0 Å². The van der Waals surface area contributed by atoms with E-state index < -0.39 is 0 Å². The van der Waals surface area contributed by atoms with Gasteiger partial charge in [0.05, 0.1) is 6.33 Å². The molecule has 1 aromatic heterocycles. The Morgan fingerprint density at radius 1 is 1.46 bits per heavy atom. The van der Waals surface area contributed by atoms with Gasteiger partial charge in [-0.3, -0.25) is 0 Å². The first-order valence-electron chi connectivity index (χ1n) is 4.46. The third kappa shape index (κ3) is 2.46. The molecule has 0 bridgehead atoms. The van der Waals surface area contributed by atoms with Crippen molar-refractivity contribution in [2.45, 2.75) is 5.03 Å². The molecule has 5 heteroatoms. The lowest BCUT2D eigenvalue weighted by atomic mass is 10.4. The molecular formula is C8H14N4S. The summed E-state index contributed by atoms with van der Waals surface area (Å²) in [5, 5.41) is 4.41.